The molecule has 0 amide bonds. The van der Waals surface area contributed by atoms with Crippen LogP contribution in [0.5, 0.6) is 0 Å². The number of pyridine rings is 1. The quantitative estimate of drug-likeness (QED) is 0.595. The van der Waals surface area contributed by atoms with Gasteiger partial charge in [0.25, 0.3) is 0 Å². The lowest BCUT2D eigenvalue weighted by atomic mass is 10.3. The topological polar surface area (TPSA) is 88.8 Å². The van der Waals surface area contributed by atoms with E-state index in [4.69, 9.17) is 28.9 Å². The van der Waals surface area contributed by atoms with E-state index < -0.39 is 5.82 Å². The largest absolute Gasteiger partial charge is 0.393 e. The van der Waals surface area contributed by atoms with E-state index in [0.717, 1.165) is 0 Å². The summed E-state index contributed by atoms with van der Waals surface area (Å²) < 4.78 is 13.2. The van der Waals surface area contributed by atoms with Crippen LogP contribution in [-0.4, -0.2) is 15.0 Å². The normalized spacial score (nSPS) is 10.5. The predicted octanol–water partition coefficient (Wildman–Crippen LogP) is 4.39. The Labute approximate surface area is 146 Å². The van der Waals surface area contributed by atoms with Crippen LogP contribution in [-0.2, 0) is 0 Å². The van der Waals surface area contributed by atoms with E-state index in [-0.39, 0.29) is 15.9 Å². The molecule has 0 aliphatic rings. The molecule has 4 N–H and O–H groups in total. The molecule has 0 bridgehead atoms. The number of aromatic nitrogens is 3. The zero-order chi connectivity index (χ0) is 17.1. The highest BCUT2D eigenvalue weighted by molar-refractivity contribution is 6.32. The molecular formula is C15H11Cl2FN6. The zero-order valence-electron chi connectivity index (χ0n) is 12.1. The Bertz CT molecular complexity index is 890. The average Bonchev–Trinajstić information content (AvgIpc) is 2.57. The molecule has 0 aliphatic carbocycles. The molecule has 9 heteroatoms. The van der Waals surface area contributed by atoms with E-state index in [0.29, 0.717) is 23.0 Å². The Kier molecular flexibility index (Phi) is 4.64. The molecule has 0 atom stereocenters. The SMILES string of the molecule is Nc1c(Nc2ccc(F)c(Cl)c2)ncnc1Nc1cccnc1Cl. The van der Waals surface area contributed by atoms with Crippen LogP contribution >= 0.6 is 23.2 Å². The number of nitrogen functional groups attached to an aromatic ring is 1. The first kappa shape index (κ1) is 16.2. The van der Waals surface area contributed by atoms with Gasteiger partial charge in [0.05, 0.1) is 10.7 Å². The summed E-state index contributed by atoms with van der Waals surface area (Å²) in [4.78, 5) is 12.1. The van der Waals surface area contributed by atoms with Gasteiger partial charge in [-0.05, 0) is 30.3 Å². The molecule has 0 radical (unpaired) electrons. The Hall–Kier alpha value is -2.64. The second-order valence-corrected chi connectivity index (χ2v) is 5.47. The minimum Gasteiger partial charge on any atom is -0.393 e. The van der Waals surface area contributed by atoms with Crippen molar-refractivity contribution in [3.63, 3.8) is 0 Å². The maximum absolute atomic E-state index is 13.2. The van der Waals surface area contributed by atoms with Gasteiger partial charge in [-0.3, -0.25) is 0 Å². The number of anilines is 5. The molecule has 0 aliphatic heterocycles. The van der Waals surface area contributed by atoms with Gasteiger partial charge in [0.2, 0.25) is 0 Å². The van der Waals surface area contributed by atoms with E-state index in [1.54, 1.807) is 18.3 Å². The van der Waals surface area contributed by atoms with Crippen molar-refractivity contribution in [1.29, 1.82) is 0 Å². The summed E-state index contributed by atoms with van der Waals surface area (Å²) in [6.07, 6.45) is 2.90. The lowest BCUT2D eigenvalue weighted by Gasteiger charge is -2.13. The summed E-state index contributed by atoms with van der Waals surface area (Å²) in [5, 5.41) is 6.24. The van der Waals surface area contributed by atoms with Gasteiger partial charge in [-0.25, -0.2) is 19.3 Å². The second-order valence-electron chi connectivity index (χ2n) is 4.71. The van der Waals surface area contributed by atoms with Crippen LogP contribution in [0.25, 0.3) is 0 Å². The average molecular weight is 365 g/mol. The Balaban J connectivity index is 1.88. The van der Waals surface area contributed by atoms with Crippen LogP contribution < -0.4 is 16.4 Å². The fraction of sp³-hybridized carbons (Fsp3) is 0. The highest BCUT2D eigenvalue weighted by Crippen LogP contribution is 2.30. The van der Waals surface area contributed by atoms with Gasteiger partial charge >= 0.3 is 0 Å². The third-order valence-electron chi connectivity index (χ3n) is 3.08. The highest BCUT2D eigenvalue weighted by atomic mass is 35.5. The molecule has 2 heterocycles. The third kappa shape index (κ3) is 3.47. The van der Waals surface area contributed by atoms with Gasteiger partial charge in [0.1, 0.15) is 17.8 Å². The minimum atomic E-state index is -0.508. The minimum absolute atomic E-state index is 0.00637. The molecule has 6 nitrogen and oxygen atoms in total. The van der Waals surface area contributed by atoms with Crippen LogP contribution in [0.3, 0.4) is 0 Å². The summed E-state index contributed by atoms with van der Waals surface area (Å²) >= 11 is 11.8. The number of nitrogens with one attached hydrogen (secondary N) is 2. The first-order valence-electron chi connectivity index (χ1n) is 6.74. The third-order valence-corrected chi connectivity index (χ3v) is 3.67. The van der Waals surface area contributed by atoms with Gasteiger partial charge in [0, 0.05) is 11.9 Å². The Morgan fingerprint density at radius 1 is 1.00 bits per heavy atom. The van der Waals surface area contributed by atoms with E-state index in [1.807, 2.05) is 0 Å². The number of rotatable bonds is 4. The molecule has 24 heavy (non-hydrogen) atoms. The Morgan fingerprint density at radius 3 is 2.46 bits per heavy atom. The predicted molar refractivity (Wildman–Crippen MR) is 93.7 cm³/mol. The molecule has 0 spiro atoms. The summed E-state index contributed by atoms with van der Waals surface area (Å²) in [7, 11) is 0. The summed E-state index contributed by atoms with van der Waals surface area (Å²) in [6.45, 7) is 0. The number of nitrogens with two attached hydrogens (primary N) is 1. The molecule has 0 fully saturated rings. The molecule has 0 saturated heterocycles. The number of hydrogen-bond donors (Lipinski definition) is 3. The van der Waals surface area contributed by atoms with Crippen molar-refractivity contribution < 1.29 is 4.39 Å². The van der Waals surface area contributed by atoms with Gasteiger partial charge in [-0.1, -0.05) is 23.2 Å². The number of halogens is 3. The molecule has 3 rings (SSSR count). The lowest BCUT2D eigenvalue weighted by molar-refractivity contribution is 0.628. The molecule has 2 aromatic heterocycles. The zero-order valence-corrected chi connectivity index (χ0v) is 13.6. The molecular weight excluding hydrogens is 354 g/mol. The summed E-state index contributed by atoms with van der Waals surface area (Å²) in [5.41, 5.74) is 7.43. The Morgan fingerprint density at radius 2 is 1.75 bits per heavy atom. The number of hydrogen-bond acceptors (Lipinski definition) is 6. The molecule has 3 aromatic rings. The standard InChI is InChI=1S/C15H11Cl2FN6/c16-9-6-8(3-4-10(9)18)23-14-12(19)15(22-7-21-14)24-11-2-1-5-20-13(11)17/h1-7H,19H2,(H2,21,22,23,24). The van der Waals surface area contributed by atoms with Crippen LogP contribution in [0.15, 0.2) is 42.9 Å². The number of nitrogens with zero attached hydrogens (tertiary/aromatic N) is 3. The van der Waals surface area contributed by atoms with Crippen LogP contribution in [0, 0.1) is 5.82 Å². The van der Waals surface area contributed by atoms with Crippen LogP contribution in [0.2, 0.25) is 10.2 Å². The van der Waals surface area contributed by atoms with E-state index >= 15 is 0 Å². The molecule has 122 valence electrons. The van der Waals surface area contributed by atoms with Crippen molar-refractivity contribution in [3.05, 3.63) is 58.8 Å². The van der Waals surface area contributed by atoms with E-state index in [9.17, 15) is 4.39 Å². The van der Waals surface area contributed by atoms with Crippen molar-refractivity contribution in [2.24, 2.45) is 0 Å². The molecule has 0 saturated carbocycles. The summed E-state index contributed by atoms with van der Waals surface area (Å²) in [6, 6.07) is 7.67. The van der Waals surface area contributed by atoms with Crippen LogP contribution in [0.4, 0.5) is 33.1 Å². The summed E-state index contributed by atoms with van der Waals surface area (Å²) in [5.74, 6) is 0.192. The van der Waals surface area contributed by atoms with E-state index in [1.165, 1.54) is 24.5 Å². The first-order chi connectivity index (χ1) is 11.5. The van der Waals surface area contributed by atoms with Gasteiger partial charge in [-0.15, -0.1) is 0 Å². The van der Waals surface area contributed by atoms with E-state index in [2.05, 4.69) is 25.6 Å². The molecule has 1 aromatic carbocycles. The second kappa shape index (κ2) is 6.86. The van der Waals surface area contributed by atoms with Crippen molar-refractivity contribution in [2.45, 2.75) is 0 Å². The fourth-order valence-electron chi connectivity index (χ4n) is 1.91. The van der Waals surface area contributed by atoms with Gasteiger partial charge in [0.15, 0.2) is 16.8 Å². The monoisotopic (exact) mass is 364 g/mol. The molecule has 0 unspecified atom stereocenters. The smallest absolute Gasteiger partial charge is 0.159 e. The van der Waals surface area contributed by atoms with Crippen molar-refractivity contribution in [1.82, 2.24) is 15.0 Å². The maximum Gasteiger partial charge on any atom is 0.159 e. The van der Waals surface area contributed by atoms with Gasteiger partial charge in [-0.2, -0.15) is 0 Å². The van der Waals surface area contributed by atoms with Crippen molar-refractivity contribution in [2.75, 3.05) is 16.4 Å². The van der Waals surface area contributed by atoms with Crippen molar-refractivity contribution >= 4 is 51.9 Å². The maximum atomic E-state index is 13.2. The first-order valence-corrected chi connectivity index (χ1v) is 7.50. The van der Waals surface area contributed by atoms with Crippen molar-refractivity contribution in [3.8, 4) is 0 Å². The highest BCUT2D eigenvalue weighted by Gasteiger charge is 2.11. The van der Waals surface area contributed by atoms with Crippen LogP contribution in [0.1, 0.15) is 0 Å². The number of benzene rings is 1. The fourth-order valence-corrected chi connectivity index (χ4v) is 2.26. The van der Waals surface area contributed by atoms with Gasteiger partial charge < -0.3 is 16.4 Å². The lowest BCUT2D eigenvalue weighted by Crippen LogP contribution is -2.05.